The molecule has 2 amide bonds. The Balaban J connectivity index is 1.43. The van der Waals surface area contributed by atoms with Gasteiger partial charge >= 0.3 is 12.4 Å². The molecule has 0 bridgehead atoms. The second kappa shape index (κ2) is 11.6. The highest BCUT2D eigenvalue weighted by Gasteiger charge is 2.40. The van der Waals surface area contributed by atoms with E-state index in [1.807, 2.05) is 0 Å². The van der Waals surface area contributed by atoms with Crippen molar-refractivity contribution in [3.63, 3.8) is 0 Å². The molecule has 0 radical (unpaired) electrons. The van der Waals surface area contributed by atoms with Crippen molar-refractivity contribution < 1.29 is 40.3 Å². The van der Waals surface area contributed by atoms with Gasteiger partial charge in [0.25, 0.3) is 5.91 Å². The third-order valence-electron chi connectivity index (χ3n) is 7.96. The lowest BCUT2D eigenvalue weighted by molar-refractivity contribution is -0.143. The van der Waals surface area contributed by atoms with Gasteiger partial charge in [-0.2, -0.15) is 26.3 Å². The predicted molar refractivity (Wildman–Crippen MR) is 147 cm³/mol. The molecule has 5 rings (SSSR count). The normalized spacial score (nSPS) is 17.6. The lowest BCUT2D eigenvalue weighted by Gasteiger charge is -2.40. The molecule has 0 saturated carbocycles. The van der Waals surface area contributed by atoms with E-state index in [4.69, 9.17) is 0 Å². The third kappa shape index (κ3) is 6.41. The smallest absolute Gasteiger partial charge is 0.345 e. The summed E-state index contributed by atoms with van der Waals surface area (Å²) in [7, 11) is 1.31. The van der Waals surface area contributed by atoms with Crippen molar-refractivity contribution in [3.8, 4) is 0 Å². The molecular formula is C31H27F7N4O2. The Kier molecular flexibility index (Phi) is 8.17. The van der Waals surface area contributed by atoms with Gasteiger partial charge in [-0.25, -0.2) is 9.37 Å². The SMILES string of the molecule is Cc1cc(F)ccc1[C@@H]1CN(C(=O)c2ccc3nc[nH]c3c2)CC[C@H]1C(=O)N(C)Cc1cc(C(F)(F)F)cc(C(F)(F)F)c1. The first-order chi connectivity index (χ1) is 20.6. The first-order valence-electron chi connectivity index (χ1n) is 13.6. The number of imidazole rings is 1. The molecule has 2 heterocycles. The predicted octanol–water partition coefficient (Wildman–Crippen LogP) is 6.95. The summed E-state index contributed by atoms with van der Waals surface area (Å²) >= 11 is 0. The quantitative estimate of drug-likeness (QED) is 0.246. The Hall–Kier alpha value is -4.42. The molecule has 1 aliphatic heterocycles. The molecule has 1 N–H and O–H groups in total. The Morgan fingerprint density at radius 1 is 0.977 bits per heavy atom. The molecule has 0 aliphatic carbocycles. The molecule has 1 aliphatic rings. The summed E-state index contributed by atoms with van der Waals surface area (Å²) < 4.78 is 94.4. The lowest BCUT2D eigenvalue weighted by Crippen LogP contribution is -2.47. The van der Waals surface area contributed by atoms with Crippen LogP contribution in [0.3, 0.4) is 0 Å². The van der Waals surface area contributed by atoms with Crippen molar-refractivity contribution in [3.05, 3.63) is 100 Å². The second-order valence-corrected chi connectivity index (χ2v) is 11.0. The molecule has 0 unspecified atom stereocenters. The molecule has 2 atom stereocenters. The van der Waals surface area contributed by atoms with E-state index in [2.05, 4.69) is 9.97 Å². The number of alkyl halides is 6. The average Bonchev–Trinajstić information content (AvgIpc) is 3.43. The van der Waals surface area contributed by atoms with Crippen LogP contribution in [0, 0.1) is 18.7 Å². The zero-order valence-corrected chi connectivity index (χ0v) is 23.6. The standard InChI is InChI=1S/C31H27F7N4O2/c1-17-9-22(32)4-5-23(17)25-15-42(28(43)19-3-6-26-27(12-19)40-16-39-26)8-7-24(25)29(44)41(2)14-18-10-20(30(33,34)35)13-21(11-18)31(36,37)38/h3-6,9-13,16,24-25H,7-8,14-15H2,1-2H3,(H,39,40)/t24-,25+/m1/s1. The number of amides is 2. The van der Waals surface area contributed by atoms with Crippen LogP contribution in [0.25, 0.3) is 11.0 Å². The van der Waals surface area contributed by atoms with E-state index in [9.17, 15) is 40.3 Å². The molecule has 1 saturated heterocycles. The number of hydrogen-bond acceptors (Lipinski definition) is 3. The van der Waals surface area contributed by atoms with Crippen LogP contribution in [-0.2, 0) is 23.7 Å². The molecule has 1 fully saturated rings. The molecule has 6 nitrogen and oxygen atoms in total. The largest absolute Gasteiger partial charge is 0.416 e. The minimum absolute atomic E-state index is 0.0372. The van der Waals surface area contributed by atoms with Crippen LogP contribution in [0.1, 0.15) is 50.5 Å². The molecule has 4 aromatic rings. The highest BCUT2D eigenvalue weighted by molar-refractivity contribution is 5.97. The maximum atomic E-state index is 14.0. The highest BCUT2D eigenvalue weighted by Crippen LogP contribution is 2.38. The zero-order chi connectivity index (χ0) is 32.0. The van der Waals surface area contributed by atoms with Gasteiger partial charge in [-0.1, -0.05) is 6.07 Å². The van der Waals surface area contributed by atoms with E-state index in [1.165, 1.54) is 31.6 Å². The number of rotatable bonds is 5. The maximum absolute atomic E-state index is 14.0. The van der Waals surface area contributed by atoms with Crippen molar-refractivity contribution in [2.75, 3.05) is 20.1 Å². The second-order valence-electron chi connectivity index (χ2n) is 11.0. The van der Waals surface area contributed by atoms with Gasteiger partial charge in [-0.3, -0.25) is 9.59 Å². The van der Waals surface area contributed by atoms with E-state index in [1.54, 1.807) is 30.0 Å². The Labute approximate surface area is 247 Å². The van der Waals surface area contributed by atoms with E-state index in [0.29, 0.717) is 39.9 Å². The number of halogens is 7. The Morgan fingerprint density at radius 3 is 2.30 bits per heavy atom. The number of nitrogens with one attached hydrogen (secondary N) is 1. The fourth-order valence-electron chi connectivity index (χ4n) is 5.80. The van der Waals surface area contributed by atoms with E-state index < -0.39 is 53.6 Å². The summed E-state index contributed by atoms with van der Waals surface area (Å²) in [5.74, 6) is -2.71. The van der Waals surface area contributed by atoms with Gasteiger partial charge in [0.1, 0.15) is 5.82 Å². The molecule has 0 spiro atoms. The third-order valence-corrected chi connectivity index (χ3v) is 7.96. The Morgan fingerprint density at radius 2 is 1.66 bits per heavy atom. The number of likely N-dealkylation sites (tertiary alicyclic amines) is 1. The van der Waals surface area contributed by atoms with Gasteiger partial charge in [-0.15, -0.1) is 0 Å². The summed E-state index contributed by atoms with van der Waals surface area (Å²) in [5.41, 5.74) is -0.392. The van der Waals surface area contributed by atoms with E-state index in [0.717, 1.165) is 4.90 Å². The monoisotopic (exact) mass is 620 g/mol. The molecule has 44 heavy (non-hydrogen) atoms. The molecule has 3 aromatic carbocycles. The molecule has 13 heteroatoms. The topological polar surface area (TPSA) is 69.3 Å². The van der Waals surface area contributed by atoms with Gasteiger partial charge in [0.15, 0.2) is 0 Å². The summed E-state index contributed by atoms with van der Waals surface area (Å²) in [6.45, 7) is 1.41. The van der Waals surface area contributed by atoms with Crippen molar-refractivity contribution in [2.24, 2.45) is 5.92 Å². The van der Waals surface area contributed by atoms with Crippen molar-refractivity contribution in [1.29, 1.82) is 0 Å². The molecular weight excluding hydrogens is 593 g/mol. The summed E-state index contributed by atoms with van der Waals surface area (Å²) in [6, 6.07) is 10.3. The number of carbonyl (C=O) groups is 2. The van der Waals surface area contributed by atoms with Crippen LogP contribution in [0.15, 0.2) is 60.9 Å². The molecule has 1 aromatic heterocycles. The first kappa shape index (κ1) is 31.0. The van der Waals surface area contributed by atoms with Crippen LogP contribution in [0.4, 0.5) is 30.7 Å². The minimum Gasteiger partial charge on any atom is -0.345 e. The van der Waals surface area contributed by atoms with Crippen LogP contribution < -0.4 is 0 Å². The number of aromatic amines is 1. The minimum atomic E-state index is -5.02. The summed E-state index contributed by atoms with van der Waals surface area (Å²) in [6.07, 6.45) is -8.38. The Bertz CT molecular complexity index is 1680. The van der Waals surface area contributed by atoms with E-state index in [-0.39, 0.29) is 37.0 Å². The summed E-state index contributed by atoms with van der Waals surface area (Å²) in [4.78, 5) is 37.1. The number of carbonyl (C=O) groups excluding carboxylic acids is 2. The van der Waals surface area contributed by atoms with Crippen molar-refractivity contribution >= 4 is 22.8 Å². The number of aryl methyl sites for hydroxylation is 1. The van der Waals surface area contributed by atoms with Crippen molar-refractivity contribution in [2.45, 2.75) is 38.2 Å². The van der Waals surface area contributed by atoms with Gasteiger partial charge in [0.05, 0.1) is 28.5 Å². The van der Waals surface area contributed by atoms with Crippen molar-refractivity contribution in [1.82, 2.24) is 19.8 Å². The highest BCUT2D eigenvalue weighted by atomic mass is 19.4. The van der Waals surface area contributed by atoms with Crippen LogP contribution in [-0.4, -0.2) is 51.7 Å². The number of hydrogen-bond donors (Lipinski definition) is 1. The van der Waals surface area contributed by atoms with Gasteiger partial charge in [-0.05, 0) is 78.6 Å². The van der Waals surface area contributed by atoms with Crippen LogP contribution >= 0.6 is 0 Å². The number of H-pyrrole nitrogens is 1. The number of nitrogens with zero attached hydrogens (tertiary/aromatic N) is 3. The zero-order valence-electron chi connectivity index (χ0n) is 23.6. The number of benzene rings is 3. The fraction of sp³-hybridized carbons (Fsp3) is 0.323. The molecule has 232 valence electrons. The van der Waals surface area contributed by atoms with Gasteiger partial charge in [0, 0.05) is 44.1 Å². The van der Waals surface area contributed by atoms with Gasteiger partial charge in [0.2, 0.25) is 5.91 Å². The van der Waals surface area contributed by atoms with Crippen LogP contribution in [0.2, 0.25) is 0 Å². The number of fused-ring (bicyclic) bond motifs is 1. The average molecular weight is 621 g/mol. The van der Waals surface area contributed by atoms with Gasteiger partial charge < -0.3 is 14.8 Å². The first-order valence-corrected chi connectivity index (χ1v) is 13.6. The fourth-order valence-corrected chi connectivity index (χ4v) is 5.80. The maximum Gasteiger partial charge on any atom is 0.416 e. The lowest BCUT2D eigenvalue weighted by atomic mass is 9.78. The van der Waals surface area contributed by atoms with Crippen LogP contribution in [0.5, 0.6) is 0 Å². The number of aromatic nitrogens is 2. The van der Waals surface area contributed by atoms with E-state index >= 15 is 0 Å². The number of piperidine rings is 1. The summed E-state index contributed by atoms with van der Waals surface area (Å²) in [5, 5.41) is 0.